The van der Waals surface area contributed by atoms with Gasteiger partial charge in [0.05, 0.1) is 13.2 Å². The first-order valence-corrected chi connectivity index (χ1v) is 7.83. The van der Waals surface area contributed by atoms with Crippen molar-refractivity contribution in [3.63, 3.8) is 0 Å². The number of ether oxygens (including phenoxy) is 1. The molecule has 0 N–H and O–H groups in total. The molecule has 0 saturated heterocycles. The van der Waals surface area contributed by atoms with Gasteiger partial charge in [-0.25, -0.2) is 12.7 Å². The Bertz CT molecular complexity index is 593. The van der Waals surface area contributed by atoms with Crippen LogP contribution >= 0.6 is 0 Å². The van der Waals surface area contributed by atoms with Gasteiger partial charge < -0.3 is 4.74 Å². The molecule has 2 unspecified atom stereocenters. The average Bonchev–Trinajstić information content (AvgIpc) is 2.45. The summed E-state index contributed by atoms with van der Waals surface area (Å²) in [5.74, 6) is 0.735. The zero-order chi connectivity index (χ0) is 15.3. The molecule has 1 rings (SSSR count). The molecule has 110 valence electrons. The van der Waals surface area contributed by atoms with E-state index < -0.39 is 15.3 Å². The van der Waals surface area contributed by atoms with E-state index in [0.717, 1.165) is 11.3 Å². The van der Waals surface area contributed by atoms with Gasteiger partial charge in [-0.15, -0.1) is 0 Å². The van der Waals surface area contributed by atoms with Gasteiger partial charge >= 0.3 is 0 Å². The van der Waals surface area contributed by atoms with Crippen LogP contribution < -0.4 is 4.74 Å². The molecule has 5 nitrogen and oxygen atoms in total. The largest absolute Gasteiger partial charge is 0.496 e. The molecule has 2 atom stereocenters. The van der Waals surface area contributed by atoms with Gasteiger partial charge in [0, 0.05) is 13.1 Å². The van der Waals surface area contributed by atoms with Crippen LogP contribution in [0.5, 0.6) is 5.75 Å². The molecule has 0 amide bonds. The van der Waals surface area contributed by atoms with E-state index in [2.05, 4.69) is 0 Å². The number of benzene rings is 1. The normalized spacial score (nSPS) is 14.6. The van der Waals surface area contributed by atoms with Crippen LogP contribution in [-0.4, -0.2) is 38.2 Å². The highest BCUT2D eigenvalue weighted by molar-refractivity contribution is 7.89. The first-order chi connectivity index (χ1) is 9.34. The maximum absolute atomic E-state index is 12.1. The van der Waals surface area contributed by atoms with Crippen LogP contribution in [0.1, 0.15) is 19.4 Å². The van der Waals surface area contributed by atoms with Crippen molar-refractivity contribution < 1.29 is 13.2 Å². The van der Waals surface area contributed by atoms with E-state index in [1.54, 1.807) is 13.2 Å². The fraction of sp³-hybridized carbons (Fsp3) is 0.500. The van der Waals surface area contributed by atoms with Crippen LogP contribution in [0.15, 0.2) is 24.3 Å². The molecule has 0 saturated carbocycles. The zero-order valence-electron chi connectivity index (χ0n) is 12.2. The quantitative estimate of drug-likeness (QED) is 0.802. The number of nitrogens with zero attached hydrogens (tertiary/aromatic N) is 2. The minimum Gasteiger partial charge on any atom is -0.496 e. The Morgan fingerprint density at radius 2 is 1.95 bits per heavy atom. The van der Waals surface area contributed by atoms with Gasteiger partial charge in [-0.2, -0.15) is 5.26 Å². The second-order valence-corrected chi connectivity index (χ2v) is 7.01. The number of para-hydroxylation sites is 1. The Balaban J connectivity index is 2.92. The summed E-state index contributed by atoms with van der Waals surface area (Å²) >= 11 is 0. The van der Waals surface area contributed by atoms with Gasteiger partial charge in [-0.3, -0.25) is 0 Å². The van der Waals surface area contributed by atoms with Crippen molar-refractivity contribution in [3.8, 4) is 11.8 Å². The molecular formula is C14H20N2O3S. The second-order valence-electron chi connectivity index (χ2n) is 4.70. The summed E-state index contributed by atoms with van der Waals surface area (Å²) in [6.45, 7) is 3.20. The lowest BCUT2D eigenvalue weighted by Gasteiger charge is -2.25. The Kier molecular flexibility index (Phi) is 5.54. The van der Waals surface area contributed by atoms with Crippen molar-refractivity contribution in [1.29, 1.82) is 5.26 Å². The number of likely N-dealkylation sites (N-methyl/N-ethyl adjacent to an activating group) is 1. The average molecular weight is 296 g/mol. The molecule has 0 fully saturated rings. The van der Waals surface area contributed by atoms with Crippen LogP contribution in [0, 0.1) is 11.3 Å². The Labute approximate surface area is 120 Å². The van der Waals surface area contributed by atoms with Crippen LogP contribution in [0.25, 0.3) is 0 Å². The predicted molar refractivity (Wildman–Crippen MR) is 77.9 cm³/mol. The number of rotatable bonds is 6. The van der Waals surface area contributed by atoms with E-state index in [9.17, 15) is 8.42 Å². The van der Waals surface area contributed by atoms with Crippen LogP contribution in [0.4, 0.5) is 0 Å². The van der Waals surface area contributed by atoms with Crippen molar-refractivity contribution in [1.82, 2.24) is 4.31 Å². The molecule has 1 aromatic rings. The summed E-state index contributed by atoms with van der Waals surface area (Å²) in [7, 11) is -0.508. The third-order valence-corrected chi connectivity index (χ3v) is 5.52. The van der Waals surface area contributed by atoms with Gasteiger partial charge in [0.1, 0.15) is 5.75 Å². The number of hydrogen-bond acceptors (Lipinski definition) is 4. The molecule has 1 aromatic carbocycles. The molecule has 0 radical (unpaired) electrons. The third-order valence-electron chi connectivity index (χ3n) is 3.36. The van der Waals surface area contributed by atoms with E-state index >= 15 is 0 Å². The van der Waals surface area contributed by atoms with Gasteiger partial charge in [-0.05, 0) is 31.9 Å². The maximum atomic E-state index is 12.1. The minimum atomic E-state index is -3.60. The van der Waals surface area contributed by atoms with Crippen LogP contribution in [0.2, 0.25) is 0 Å². The molecule has 20 heavy (non-hydrogen) atoms. The summed E-state index contributed by atoms with van der Waals surface area (Å²) in [6, 6.07) is 9.02. The van der Waals surface area contributed by atoms with Gasteiger partial charge in [0.2, 0.25) is 10.0 Å². The highest BCUT2D eigenvalue weighted by atomic mass is 32.2. The Morgan fingerprint density at radius 3 is 2.50 bits per heavy atom. The predicted octanol–water partition coefficient (Wildman–Crippen LogP) is 1.80. The summed E-state index contributed by atoms with van der Waals surface area (Å²) in [4.78, 5) is 0. The standard InChI is InChI=1S/C14H20N2O3S/c1-11(16(3)20(17,18)12(2)10-15)9-13-7-5-6-8-14(13)19-4/h5-8,11-12H,9H2,1-4H3. The number of nitriles is 1. The molecule has 0 heterocycles. The summed E-state index contributed by atoms with van der Waals surface area (Å²) in [5.41, 5.74) is 0.939. The first kappa shape index (κ1) is 16.5. The fourth-order valence-corrected chi connectivity index (χ4v) is 3.09. The second kappa shape index (κ2) is 6.73. The molecule has 0 spiro atoms. The lowest BCUT2D eigenvalue weighted by Crippen LogP contribution is -2.40. The molecule has 0 aliphatic heterocycles. The van der Waals surface area contributed by atoms with E-state index in [1.165, 1.54) is 18.3 Å². The monoisotopic (exact) mass is 296 g/mol. The smallest absolute Gasteiger partial charge is 0.230 e. The molecule has 0 aromatic heterocycles. The topological polar surface area (TPSA) is 70.4 Å². The molecule has 0 bridgehead atoms. The highest BCUT2D eigenvalue weighted by Gasteiger charge is 2.29. The van der Waals surface area contributed by atoms with Crippen molar-refractivity contribution in [2.45, 2.75) is 31.6 Å². The number of sulfonamides is 1. The minimum absolute atomic E-state index is 0.257. The number of hydrogen-bond donors (Lipinski definition) is 0. The first-order valence-electron chi connectivity index (χ1n) is 6.33. The lowest BCUT2D eigenvalue weighted by atomic mass is 10.1. The summed E-state index contributed by atoms with van der Waals surface area (Å²) < 4.78 is 30.8. The third kappa shape index (κ3) is 3.50. The molecular weight excluding hydrogens is 276 g/mol. The van der Waals surface area contributed by atoms with Gasteiger partial charge in [0.15, 0.2) is 5.25 Å². The zero-order valence-corrected chi connectivity index (χ0v) is 13.0. The SMILES string of the molecule is COc1ccccc1CC(C)N(C)S(=O)(=O)C(C)C#N. The lowest BCUT2D eigenvalue weighted by molar-refractivity contribution is 0.372. The molecule has 6 heteroatoms. The van der Waals surface area contributed by atoms with Crippen molar-refractivity contribution in [2.75, 3.05) is 14.2 Å². The molecule has 0 aliphatic carbocycles. The van der Waals surface area contributed by atoms with E-state index in [-0.39, 0.29) is 6.04 Å². The van der Waals surface area contributed by atoms with Gasteiger partial charge in [-0.1, -0.05) is 18.2 Å². The Hall–Kier alpha value is -1.58. The fourth-order valence-electron chi connectivity index (χ4n) is 1.89. The highest BCUT2D eigenvalue weighted by Crippen LogP contribution is 2.21. The summed E-state index contributed by atoms with van der Waals surface area (Å²) in [5, 5.41) is 7.75. The van der Waals surface area contributed by atoms with E-state index in [1.807, 2.05) is 31.2 Å². The summed E-state index contributed by atoms with van der Waals surface area (Å²) in [6.07, 6.45) is 0.526. The van der Waals surface area contributed by atoms with Crippen molar-refractivity contribution in [3.05, 3.63) is 29.8 Å². The van der Waals surface area contributed by atoms with Crippen molar-refractivity contribution in [2.24, 2.45) is 0 Å². The molecule has 0 aliphatic rings. The van der Waals surface area contributed by atoms with Crippen LogP contribution in [0.3, 0.4) is 0 Å². The Morgan fingerprint density at radius 1 is 1.35 bits per heavy atom. The van der Waals surface area contributed by atoms with E-state index in [4.69, 9.17) is 10.00 Å². The van der Waals surface area contributed by atoms with Gasteiger partial charge in [0.25, 0.3) is 0 Å². The van der Waals surface area contributed by atoms with Crippen molar-refractivity contribution >= 4 is 10.0 Å². The number of methoxy groups -OCH3 is 1. The van der Waals surface area contributed by atoms with Crippen LogP contribution in [-0.2, 0) is 16.4 Å². The maximum Gasteiger partial charge on any atom is 0.230 e. The van der Waals surface area contributed by atoms with E-state index in [0.29, 0.717) is 6.42 Å².